The molecule has 1 aliphatic rings. The van der Waals surface area contributed by atoms with Crippen molar-refractivity contribution in [1.29, 1.82) is 0 Å². The minimum absolute atomic E-state index is 0.172. The van der Waals surface area contributed by atoms with E-state index in [4.69, 9.17) is 5.73 Å². The molecule has 2 aromatic carbocycles. The molecular weight excluding hydrogens is 250 g/mol. The highest BCUT2D eigenvalue weighted by molar-refractivity contribution is 8.00. The fourth-order valence-electron chi connectivity index (χ4n) is 2.65. The van der Waals surface area contributed by atoms with Gasteiger partial charge in [-0.2, -0.15) is 0 Å². The molecule has 0 saturated heterocycles. The van der Waals surface area contributed by atoms with E-state index in [1.54, 1.807) is 0 Å². The molecule has 2 unspecified atom stereocenters. The number of benzene rings is 2. The van der Waals surface area contributed by atoms with Gasteiger partial charge in [0.05, 0.1) is 0 Å². The molecule has 0 amide bonds. The van der Waals surface area contributed by atoms with Crippen LogP contribution in [0.25, 0.3) is 0 Å². The summed E-state index contributed by atoms with van der Waals surface area (Å²) in [6, 6.07) is 19.3. The molecule has 2 heteroatoms. The maximum Gasteiger partial charge on any atom is 0.0295 e. The Morgan fingerprint density at radius 3 is 2.58 bits per heavy atom. The first-order valence-corrected chi connectivity index (χ1v) is 7.76. The molecule has 0 bridgehead atoms. The molecule has 0 fully saturated rings. The van der Waals surface area contributed by atoms with Crippen molar-refractivity contribution in [2.75, 3.05) is 0 Å². The summed E-state index contributed by atoms with van der Waals surface area (Å²) in [6.45, 7) is 0. The lowest BCUT2D eigenvalue weighted by Crippen LogP contribution is -2.13. The second-order valence-corrected chi connectivity index (χ2v) is 6.49. The normalized spacial score (nSPS) is 19.1. The van der Waals surface area contributed by atoms with Crippen molar-refractivity contribution in [2.45, 2.75) is 35.4 Å². The number of rotatable bonds is 4. The predicted molar refractivity (Wildman–Crippen MR) is 82.4 cm³/mol. The number of thioether (sulfide) groups is 1. The number of hydrogen-bond donors (Lipinski definition) is 1. The maximum atomic E-state index is 6.27. The van der Waals surface area contributed by atoms with E-state index in [0.717, 1.165) is 6.42 Å². The van der Waals surface area contributed by atoms with Gasteiger partial charge in [0, 0.05) is 16.2 Å². The van der Waals surface area contributed by atoms with Crippen molar-refractivity contribution in [3.8, 4) is 0 Å². The van der Waals surface area contributed by atoms with E-state index in [-0.39, 0.29) is 6.04 Å². The monoisotopic (exact) mass is 269 g/mol. The quantitative estimate of drug-likeness (QED) is 0.901. The topological polar surface area (TPSA) is 26.0 Å². The van der Waals surface area contributed by atoms with Gasteiger partial charge in [0.1, 0.15) is 0 Å². The van der Waals surface area contributed by atoms with Crippen LogP contribution in [0.3, 0.4) is 0 Å². The smallest absolute Gasteiger partial charge is 0.0295 e. The lowest BCUT2D eigenvalue weighted by atomic mass is 10.00. The highest BCUT2D eigenvalue weighted by atomic mass is 32.2. The molecule has 0 saturated carbocycles. The Bertz CT molecular complexity index is 513. The van der Waals surface area contributed by atoms with E-state index in [0.29, 0.717) is 5.25 Å². The largest absolute Gasteiger partial charge is 0.324 e. The molecule has 0 aliphatic carbocycles. The number of hydrogen-bond acceptors (Lipinski definition) is 2. The van der Waals surface area contributed by atoms with Gasteiger partial charge in [-0.25, -0.2) is 0 Å². The van der Waals surface area contributed by atoms with Gasteiger partial charge in [0.2, 0.25) is 0 Å². The second kappa shape index (κ2) is 5.81. The van der Waals surface area contributed by atoms with Crippen LogP contribution in [0.1, 0.15) is 30.0 Å². The Morgan fingerprint density at radius 2 is 1.79 bits per heavy atom. The van der Waals surface area contributed by atoms with E-state index in [2.05, 4.69) is 48.5 Å². The van der Waals surface area contributed by atoms with Gasteiger partial charge in [-0.3, -0.25) is 0 Å². The van der Waals surface area contributed by atoms with Crippen LogP contribution >= 0.6 is 11.8 Å². The molecule has 0 radical (unpaired) electrons. The molecule has 3 rings (SSSR count). The van der Waals surface area contributed by atoms with Gasteiger partial charge < -0.3 is 5.73 Å². The summed E-state index contributed by atoms with van der Waals surface area (Å²) in [4.78, 5) is 1.46. The fourth-order valence-corrected chi connectivity index (χ4v) is 3.98. The zero-order valence-corrected chi connectivity index (χ0v) is 11.8. The van der Waals surface area contributed by atoms with Crippen molar-refractivity contribution in [3.63, 3.8) is 0 Å². The van der Waals surface area contributed by atoms with Crippen LogP contribution in [0.4, 0.5) is 0 Å². The molecule has 2 aromatic rings. The van der Waals surface area contributed by atoms with Crippen LogP contribution in [0.2, 0.25) is 0 Å². The SMILES string of the molecule is NC(CCC1Cc2ccccc2S1)c1ccccc1. The van der Waals surface area contributed by atoms with Crippen molar-refractivity contribution in [1.82, 2.24) is 0 Å². The highest BCUT2D eigenvalue weighted by Crippen LogP contribution is 2.39. The van der Waals surface area contributed by atoms with Crippen LogP contribution in [-0.4, -0.2) is 5.25 Å². The van der Waals surface area contributed by atoms with Crippen LogP contribution in [0, 0.1) is 0 Å². The van der Waals surface area contributed by atoms with Crippen molar-refractivity contribution >= 4 is 11.8 Å². The summed E-state index contributed by atoms with van der Waals surface area (Å²) in [5.41, 5.74) is 9.03. The van der Waals surface area contributed by atoms with E-state index in [1.165, 1.54) is 28.9 Å². The second-order valence-electron chi connectivity index (χ2n) is 5.15. The van der Waals surface area contributed by atoms with Gasteiger partial charge in [-0.05, 0) is 36.5 Å². The number of nitrogens with two attached hydrogens (primary N) is 1. The van der Waals surface area contributed by atoms with Gasteiger partial charge in [0.15, 0.2) is 0 Å². The lowest BCUT2D eigenvalue weighted by molar-refractivity contribution is 0.598. The lowest BCUT2D eigenvalue weighted by Gasteiger charge is -2.14. The van der Waals surface area contributed by atoms with E-state index in [9.17, 15) is 0 Å². The standard InChI is InChI=1S/C17H19NS/c18-16(13-6-2-1-3-7-13)11-10-15-12-14-8-4-5-9-17(14)19-15/h1-9,15-16H,10-12,18H2. The highest BCUT2D eigenvalue weighted by Gasteiger charge is 2.22. The molecule has 2 atom stereocenters. The molecule has 1 aliphatic heterocycles. The summed E-state index contributed by atoms with van der Waals surface area (Å²) in [5, 5.41) is 0.701. The summed E-state index contributed by atoms with van der Waals surface area (Å²) < 4.78 is 0. The molecule has 98 valence electrons. The Kier molecular flexibility index (Phi) is 3.90. The third kappa shape index (κ3) is 3.02. The molecule has 2 N–H and O–H groups in total. The van der Waals surface area contributed by atoms with Crippen LogP contribution in [-0.2, 0) is 6.42 Å². The summed E-state index contributed by atoms with van der Waals surface area (Å²) in [6.07, 6.45) is 3.45. The molecular formula is C17H19NS. The molecule has 1 nitrogen and oxygen atoms in total. The van der Waals surface area contributed by atoms with Gasteiger partial charge in [0.25, 0.3) is 0 Å². The maximum absolute atomic E-state index is 6.27. The Hall–Kier alpha value is -1.25. The Morgan fingerprint density at radius 1 is 1.05 bits per heavy atom. The summed E-state index contributed by atoms with van der Waals surface area (Å²) in [5.74, 6) is 0. The molecule has 0 spiro atoms. The first-order chi connectivity index (χ1) is 9.33. The van der Waals surface area contributed by atoms with E-state index < -0.39 is 0 Å². The molecule has 1 heterocycles. The average molecular weight is 269 g/mol. The van der Waals surface area contributed by atoms with E-state index in [1.807, 2.05) is 17.8 Å². The van der Waals surface area contributed by atoms with Crippen LogP contribution in [0.15, 0.2) is 59.5 Å². The van der Waals surface area contributed by atoms with Crippen LogP contribution < -0.4 is 5.73 Å². The minimum atomic E-state index is 0.172. The third-order valence-electron chi connectivity index (χ3n) is 3.74. The summed E-state index contributed by atoms with van der Waals surface area (Å²) >= 11 is 2.02. The fraction of sp³-hybridized carbons (Fsp3) is 0.294. The van der Waals surface area contributed by atoms with Crippen molar-refractivity contribution < 1.29 is 0 Å². The van der Waals surface area contributed by atoms with Crippen molar-refractivity contribution in [2.24, 2.45) is 5.73 Å². The minimum Gasteiger partial charge on any atom is -0.324 e. The predicted octanol–water partition coefficient (Wildman–Crippen LogP) is 4.18. The zero-order valence-electron chi connectivity index (χ0n) is 11.0. The van der Waals surface area contributed by atoms with Crippen LogP contribution in [0.5, 0.6) is 0 Å². The van der Waals surface area contributed by atoms with Gasteiger partial charge in [-0.15, -0.1) is 11.8 Å². The zero-order chi connectivity index (χ0) is 13.1. The first kappa shape index (κ1) is 12.8. The van der Waals surface area contributed by atoms with Crippen molar-refractivity contribution in [3.05, 3.63) is 65.7 Å². The Labute approximate surface area is 119 Å². The first-order valence-electron chi connectivity index (χ1n) is 6.88. The molecule has 19 heavy (non-hydrogen) atoms. The van der Waals surface area contributed by atoms with Gasteiger partial charge >= 0.3 is 0 Å². The van der Waals surface area contributed by atoms with Gasteiger partial charge in [-0.1, -0.05) is 48.5 Å². The third-order valence-corrected chi connectivity index (χ3v) is 5.13. The Balaban J connectivity index is 1.55. The average Bonchev–Trinajstić information content (AvgIpc) is 2.88. The molecule has 0 aromatic heterocycles. The number of fused-ring (bicyclic) bond motifs is 1. The van der Waals surface area contributed by atoms with E-state index >= 15 is 0 Å². The summed E-state index contributed by atoms with van der Waals surface area (Å²) in [7, 11) is 0.